The fourth-order valence-electron chi connectivity index (χ4n) is 3.33. The molecule has 2 aromatic rings. The molecule has 146 valence electrons. The molecule has 0 radical (unpaired) electrons. The Morgan fingerprint density at radius 3 is 2.44 bits per heavy atom. The highest BCUT2D eigenvalue weighted by Gasteiger charge is 2.15. The van der Waals surface area contributed by atoms with Gasteiger partial charge in [-0.3, -0.25) is 0 Å². The van der Waals surface area contributed by atoms with Crippen LogP contribution in [0.5, 0.6) is 5.75 Å². The summed E-state index contributed by atoms with van der Waals surface area (Å²) in [4.78, 5) is 8.66. The first-order valence-electron chi connectivity index (χ1n) is 10.1. The lowest BCUT2D eigenvalue weighted by Crippen LogP contribution is -2.20. The molecule has 4 N–H and O–H groups in total. The Labute approximate surface area is 161 Å². The number of anilines is 4. The quantitative estimate of drug-likeness (QED) is 0.442. The van der Waals surface area contributed by atoms with Crippen LogP contribution in [-0.4, -0.2) is 22.6 Å². The van der Waals surface area contributed by atoms with Crippen molar-refractivity contribution in [3.05, 3.63) is 30.6 Å². The van der Waals surface area contributed by atoms with E-state index in [1.807, 2.05) is 24.3 Å². The van der Waals surface area contributed by atoms with Crippen molar-refractivity contribution >= 4 is 23.0 Å². The summed E-state index contributed by atoms with van der Waals surface area (Å²) in [5.41, 5.74) is 7.80. The Balaban J connectivity index is 1.63. The number of aromatic nitrogens is 2. The van der Waals surface area contributed by atoms with Crippen molar-refractivity contribution in [2.24, 2.45) is 0 Å². The number of nitrogen functional groups attached to an aromatic ring is 1. The van der Waals surface area contributed by atoms with Crippen LogP contribution in [-0.2, 0) is 0 Å². The van der Waals surface area contributed by atoms with Gasteiger partial charge in [0, 0.05) is 11.7 Å². The Kier molecular flexibility index (Phi) is 7.13. The lowest BCUT2D eigenvalue weighted by atomic mass is 10.1. The van der Waals surface area contributed by atoms with E-state index >= 15 is 0 Å². The van der Waals surface area contributed by atoms with Gasteiger partial charge in [-0.15, -0.1) is 0 Å². The third-order valence-corrected chi connectivity index (χ3v) is 4.96. The van der Waals surface area contributed by atoms with Gasteiger partial charge in [0.25, 0.3) is 0 Å². The van der Waals surface area contributed by atoms with Crippen molar-refractivity contribution in [3.8, 4) is 5.75 Å². The van der Waals surface area contributed by atoms with Crippen LogP contribution < -0.4 is 21.1 Å². The number of rotatable bonds is 8. The van der Waals surface area contributed by atoms with E-state index in [-0.39, 0.29) is 0 Å². The minimum Gasteiger partial charge on any atom is -0.494 e. The molecular weight excluding hydrogens is 338 g/mol. The highest BCUT2D eigenvalue weighted by molar-refractivity contribution is 5.77. The molecule has 1 aliphatic carbocycles. The molecule has 0 atom stereocenters. The molecule has 0 bridgehead atoms. The topological polar surface area (TPSA) is 85.1 Å². The summed E-state index contributed by atoms with van der Waals surface area (Å²) in [7, 11) is 0. The average molecular weight is 370 g/mol. The van der Waals surface area contributed by atoms with Crippen LogP contribution in [0.2, 0.25) is 0 Å². The summed E-state index contributed by atoms with van der Waals surface area (Å²) in [6, 6.07) is 8.31. The van der Waals surface area contributed by atoms with E-state index in [1.165, 1.54) is 38.5 Å². The second-order valence-corrected chi connectivity index (χ2v) is 7.17. The molecule has 3 rings (SSSR count). The smallest absolute Gasteiger partial charge is 0.159 e. The van der Waals surface area contributed by atoms with Crippen LogP contribution in [0.4, 0.5) is 23.0 Å². The summed E-state index contributed by atoms with van der Waals surface area (Å²) in [6.07, 6.45) is 11.3. The maximum atomic E-state index is 6.32. The molecule has 0 amide bonds. The molecule has 1 aromatic carbocycles. The van der Waals surface area contributed by atoms with E-state index in [1.54, 1.807) is 6.33 Å². The van der Waals surface area contributed by atoms with E-state index in [0.29, 0.717) is 17.5 Å². The van der Waals surface area contributed by atoms with Crippen molar-refractivity contribution in [1.29, 1.82) is 0 Å². The number of unbranched alkanes of at least 4 members (excludes halogenated alkanes) is 1. The summed E-state index contributed by atoms with van der Waals surface area (Å²) in [5, 5.41) is 6.80. The molecule has 0 aliphatic heterocycles. The van der Waals surface area contributed by atoms with Gasteiger partial charge in [-0.25, -0.2) is 9.97 Å². The lowest BCUT2D eigenvalue weighted by molar-refractivity contribution is 0.309. The molecule has 27 heavy (non-hydrogen) atoms. The molecule has 1 heterocycles. The minimum absolute atomic E-state index is 0.442. The Bertz CT molecular complexity index is 696. The van der Waals surface area contributed by atoms with Crippen LogP contribution in [0.3, 0.4) is 0 Å². The van der Waals surface area contributed by atoms with Crippen LogP contribution in [0.25, 0.3) is 0 Å². The van der Waals surface area contributed by atoms with Crippen molar-refractivity contribution < 1.29 is 4.74 Å². The zero-order valence-corrected chi connectivity index (χ0v) is 16.2. The van der Waals surface area contributed by atoms with E-state index in [4.69, 9.17) is 10.5 Å². The molecule has 0 saturated heterocycles. The number of hydrogen-bond acceptors (Lipinski definition) is 6. The van der Waals surface area contributed by atoms with Gasteiger partial charge in [0.1, 0.15) is 17.8 Å². The van der Waals surface area contributed by atoms with Gasteiger partial charge in [-0.2, -0.15) is 0 Å². The Hall–Kier alpha value is -2.50. The first-order valence-corrected chi connectivity index (χ1v) is 10.1. The van der Waals surface area contributed by atoms with Gasteiger partial charge in [-0.05, 0) is 43.5 Å². The van der Waals surface area contributed by atoms with Gasteiger partial charge in [0.05, 0.1) is 6.61 Å². The molecule has 1 aromatic heterocycles. The zero-order valence-electron chi connectivity index (χ0n) is 16.2. The second kappa shape index (κ2) is 10.00. The number of nitrogens with zero attached hydrogens (tertiary/aromatic N) is 2. The van der Waals surface area contributed by atoms with Gasteiger partial charge < -0.3 is 21.1 Å². The van der Waals surface area contributed by atoms with Crippen molar-refractivity contribution in [3.63, 3.8) is 0 Å². The lowest BCUT2D eigenvalue weighted by Gasteiger charge is -2.19. The van der Waals surface area contributed by atoms with Crippen LogP contribution in [0.1, 0.15) is 58.3 Å². The van der Waals surface area contributed by atoms with Crippen LogP contribution >= 0.6 is 0 Å². The molecular formula is C21H31N5O. The van der Waals surface area contributed by atoms with Crippen molar-refractivity contribution in [2.75, 3.05) is 23.0 Å². The summed E-state index contributed by atoms with van der Waals surface area (Å²) in [5.74, 6) is 2.22. The van der Waals surface area contributed by atoms with Gasteiger partial charge in [0.2, 0.25) is 0 Å². The first kappa shape index (κ1) is 19.3. The van der Waals surface area contributed by atoms with Gasteiger partial charge >= 0.3 is 0 Å². The third-order valence-electron chi connectivity index (χ3n) is 4.96. The Morgan fingerprint density at radius 1 is 1.04 bits per heavy atom. The standard InChI is InChI=1S/C21H31N5O/c1-2-3-14-27-18-12-10-17(11-13-18)26-21-19(22)20(23-15-24-21)25-16-8-6-4-5-7-9-16/h10-13,15-16H,2-9,14,22H2,1H3,(H2,23,24,25,26). The minimum atomic E-state index is 0.442. The summed E-state index contributed by atoms with van der Waals surface area (Å²) in [6.45, 7) is 2.90. The number of benzene rings is 1. The largest absolute Gasteiger partial charge is 0.494 e. The number of nitrogens with one attached hydrogen (secondary N) is 2. The SMILES string of the molecule is CCCCOc1ccc(Nc2ncnc(NC3CCCCCC3)c2N)cc1. The summed E-state index contributed by atoms with van der Waals surface area (Å²) >= 11 is 0. The van der Waals surface area contributed by atoms with Crippen molar-refractivity contribution in [2.45, 2.75) is 64.3 Å². The van der Waals surface area contributed by atoms with E-state index in [9.17, 15) is 0 Å². The Morgan fingerprint density at radius 2 is 1.74 bits per heavy atom. The van der Waals surface area contributed by atoms with Crippen molar-refractivity contribution in [1.82, 2.24) is 9.97 Å². The van der Waals surface area contributed by atoms with Crippen LogP contribution in [0, 0.1) is 0 Å². The maximum absolute atomic E-state index is 6.32. The third kappa shape index (κ3) is 5.74. The molecule has 1 saturated carbocycles. The van der Waals surface area contributed by atoms with Gasteiger partial charge in [0.15, 0.2) is 11.6 Å². The monoisotopic (exact) mass is 369 g/mol. The highest BCUT2D eigenvalue weighted by atomic mass is 16.5. The predicted octanol–water partition coefficient (Wildman–Crippen LogP) is 5.12. The zero-order chi connectivity index (χ0) is 18.9. The molecule has 1 fully saturated rings. The van der Waals surface area contributed by atoms with Gasteiger partial charge in [-0.1, -0.05) is 39.0 Å². The molecule has 1 aliphatic rings. The number of hydrogen-bond donors (Lipinski definition) is 3. The fraction of sp³-hybridized carbons (Fsp3) is 0.524. The molecule has 0 spiro atoms. The second-order valence-electron chi connectivity index (χ2n) is 7.17. The van der Waals surface area contributed by atoms with Crippen LogP contribution in [0.15, 0.2) is 30.6 Å². The number of nitrogens with two attached hydrogens (primary N) is 1. The fourth-order valence-corrected chi connectivity index (χ4v) is 3.33. The first-order chi connectivity index (χ1) is 13.3. The predicted molar refractivity (Wildman–Crippen MR) is 112 cm³/mol. The average Bonchev–Trinajstić information content (AvgIpc) is 2.95. The summed E-state index contributed by atoms with van der Waals surface area (Å²) < 4.78 is 5.70. The van der Waals surface area contributed by atoms with E-state index in [0.717, 1.165) is 36.7 Å². The molecule has 0 unspecified atom stereocenters. The highest BCUT2D eigenvalue weighted by Crippen LogP contribution is 2.29. The van der Waals surface area contributed by atoms with E-state index < -0.39 is 0 Å². The number of ether oxygens (including phenoxy) is 1. The molecule has 6 heteroatoms. The maximum Gasteiger partial charge on any atom is 0.159 e. The molecule has 6 nitrogen and oxygen atoms in total. The normalized spacial score (nSPS) is 15.1. The van der Waals surface area contributed by atoms with E-state index in [2.05, 4.69) is 27.5 Å².